The van der Waals surface area contributed by atoms with Crippen LogP contribution in [0.15, 0.2) is 42.5 Å². The van der Waals surface area contributed by atoms with Crippen LogP contribution in [0.5, 0.6) is 17.2 Å². The Labute approximate surface area is 158 Å². The van der Waals surface area contributed by atoms with Gasteiger partial charge in [0.2, 0.25) is 5.91 Å². The van der Waals surface area contributed by atoms with Gasteiger partial charge in [-0.2, -0.15) is 0 Å². The van der Waals surface area contributed by atoms with Crippen LogP contribution in [0, 0.1) is 0 Å². The third-order valence-electron chi connectivity index (χ3n) is 3.94. The highest BCUT2D eigenvalue weighted by Crippen LogP contribution is 2.30. The lowest BCUT2D eigenvalue weighted by Gasteiger charge is -2.10. The fourth-order valence-corrected chi connectivity index (χ4v) is 2.81. The van der Waals surface area contributed by atoms with Crippen LogP contribution in [0.4, 0.5) is 0 Å². The Morgan fingerprint density at radius 3 is 2.81 bits per heavy atom. The highest BCUT2D eigenvalue weighted by atomic mass is 35.5. The van der Waals surface area contributed by atoms with Gasteiger partial charge >= 0.3 is 0 Å². The molecule has 0 aliphatic carbocycles. The third-order valence-corrected chi connectivity index (χ3v) is 4.18. The first kappa shape index (κ1) is 18.4. The summed E-state index contributed by atoms with van der Waals surface area (Å²) < 4.78 is 16.8. The maximum atomic E-state index is 12.0. The number of aryl methyl sites for hydroxylation is 1. The van der Waals surface area contributed by atoms with Crippen molar-refractivity contribution in [3.63, 3.8) is 0 Å². The Morgan fingerprint density at radius 2 is 1.96 bits per heavy atom. The molecule has 2 aromatic rings. The molecule has 1 amide bonds. The molecule has 1 aliphatic rings. The van der Waals surface area contributed by atoms with Crippen LogP contribution in [-0.2, 0) is 11.2 Å². The Balaban J connectivity index is 1.38. The van der Waals surface area contributed by atoms with Crippen molar-refractivity contribution in [2.45, 2.75) is 19.3 Å². The molecule has 0 atom stereocenters. The van der Waals surface area contributed by atoms with Gasteiger partial charge in [0, 0.05) is 17.9 Å². The largest absolute Gasteiger partial charge is 0.492 e. The number of halogens is 1. The van der Waals surface area contributed by atoms with Crippen molar-refractivity contribution in [2.24, 2.45) is 0 Å². The van der Waals surface area contributed by atoms with Gasteiger partial charge in [0.05, 0.1) is 19.8 Å². The zero-order valence-corrected chi connectivity index (χ0v) is 15.3. The zero-order chi connectivity index (χ0) is 18.2. The van der Waals surface area contributed by atoms with E-state index in [1.54, 1.807) is 12.1 Å². The molecule has 2 aromatic carbocycles. The molecule has 1 aliphatic heterocycles. The number of rotatable bonds is 7. The quantitative estimate of drug-likeness (QED) is 0.751. The molecule has 26 heavy (non-hydrogen) atoms. The van der Waals surface area contributed by atoms with Crippen molar-refractivity contribution in [1.82, 2.24) is 5.32 Å². The summed E-state index contributed by atoms with van der Waals surface area (Å²) in [5.41, 5.74) is 1.06. The minimum atomic E-state index is -0.00759. The van der Waals surface area contributed by atoms with Crippen molar-refractivity contribution in [3.05, 3.63) is 53.1 Å². The third kappa shape index (κ3) is 5.56. The summed E-state index contributed by atoms with van der Waals surface area (Å²) >= 11 is 5.89. The standard InChI is InChI=1S/C20H22ClNO4/c21-16-3-1-4-17(14-16)24-12-9-22-20(23)8-6-15-5-7-18-19(13-15)26-11-2-10-25-18/h1,3-5,7,13-14H,2,6,8-12H2,(H,22,23). The molecule has 3 rings (SSSR count). The zero-order valence-electron chi connectivity index (χ0n) is 14.5. The van der Waals surface area contributed by atoms with Gasteiger partial charge in [0.1, 0.15) is 12.4 Å². The van der Waals surface area contributed by atoms with Crippen LogP contribution in [0.1, 0.15) is 18.4 Å². The van der Waals surface area contributed by atoms with E-state index in [-0.39, 0.29) is 5.91 Å². The average Bonchev–Trinajstić information content (AvgIpc) is 2.88. The first-order valence-electron chi connectivity index (χ1n) is 8.74. The fourth-order valence-electron chi connectivity index (χ4n) is 2.63. The maximum Gasteiger partial charge on any atom is 0.220 e. The van der Waals surface area contributed by atoms with E-state index in [4.69, 9.17) is 25.8 Å². The number of nitrogens with one attached hydrogen (secondary N) is 1. The Hall–Kier alpha value is -2.40. The van der Waals surface area contributed by atoms with Crippen LogP contribution in [-0.4, -0.2) is 32.3 Å². The van der Waals surface area contributed by atoms with Gasteiger partial charge in [0.25, 0.3) is 0 Å². The van der Waals surface area contributed by atoms with Gasteiger partial charge in [-0.25, -0.2) is 0 Å². The van der Waals surface area contributed by atoms with E-state index < -0.39 is 0 Å². The van der Waals surface area contributed by atoms with Crippen LogP contribution in [0.3, 0.4) is 0 Å². The van der Waals surface area contributed by atoms with E-state index >= 15 is 0 Å². The van der Waals surface area contributed by atoms with Crippen LogP contribution in [0.2, 0.25) is 5.02 Å². The van der Waals surface area contributed by atoms with Crippen LogP contribution < -0.4 is 19.5 Å². The van der Waals surface area contributed by atoms with E-state index in [9.17, 15) is 4.79 Å². The lowest BCUT2D eigenvalue weighted by atomic mass is 10.1. The number of carbonyl (C=O) groups is 1. The maximum absolute atomic E-state index is 12.0. The number of hydrogen-bond donors (Lipinski definition) is 1. The van der Waals surface area contributed by atoms with Crippen molar-refractivity contribution in [1.29, 1.82) is 0 Å². The molecule has 1 heterocycles. The highest BCUT2D eigenvalue weighted by molar-refractivity contribution is 6.30. The molecule has 0 bridgehead atoms. The van der Waals surface area contributed by atoms with E-state index in [0.29, 0.717) is 50.0 Å². The first-order chi connectivity index (χ1) is 12.7. The Kier molecular flexibility index (Phi) is 6.61. The van der Waals surface area contributed by atoms with Gasteiger partial charge in [-0.15, -0.1) is 0 Å². The second-order valence-electron chi connectivity index (χ2n) is 5.99. The van der Waals surface area contributed by atoms with E-state index in [1.165, 1.54) is 0 Å². The van der Waals surface area contributed by atoms with E-state index in [1.807, 2.05) is 30.3 Å². The van der Waals surface area contributed by atoms with E-state index in [2.05, 4.69) is 5.32 Å². The molecule has 0 radical (unpaired) electrons. The van der Waals surface area contributed by atoms with Gasteiger partial charge in [-0.1, -0.05) is 23.7 Å². The second-order valence-corrected chi connectivity index (χ2v) is 6.42. The summed E-state index contributed by atoms with van der Waals surface area (Å²) in [6.45, 7) is 2.18. The summed E-state index contributed by atoms with van der Waals surface area (Å²) in [5, 5.41) is 3.48. The average molecular weight is 376 g/mol. The molecule has 5 nitrogen and oxygen atoms in total. The lowest BCUT2D eigenvalue weighted by molar-refractivity contribution is -0.121. The fraction of sp³-hybridized carbons (Fsp3) is 0.350. The van der Waals surface area contributed by atoms with Gasteiger partial charge in [-0.3, -0.25) is 4.79 Å². The predicted molar refractivity (Wildman–Crippen MR) is 100 cm³/mol. The monoisotopic (exact) mass is 375 g/mol. The number of amides is 1. The summed E-state index contributed by atoms with van der Waals surface area (Å²) in [6, 6.07) is 13.0. The molecular weight excluding hydrogens is 354 g/mol. The number of fused-ring (bicyclic) bond motifs is 1. The molecule has 138 valence electrons. The number of benzene rings is 2. The minimum absolute atomic E-state index is 0.00759. The smallest absolute Gasteiger partial charge is 0.220 e. The molecule has 0 unspecified atom stereocenters. The molecule has 1 N–H and O–H groups in total. The summed E-state index contributed by atoms with van der Waals surface area (Å²) in [4.78, 5) is 12.0. The molecule has 0 aromatic heterocycles. The first-order valence-corrected chi connectivity index (χ1v) is 9.12. The van der Waals surface area contributed by atoms with Crippen LogP contribution >= 0.6 is 11.6 Å². The van der Waals surface area contributed by atoms with Crippen molar-refractivity contribution in [3.8, 4) is 17.2 Å². The van der Waals surface area contributed by atoms with Gasteiger partial charge in [-0.05, 0) is 42.3 Å². The SMILES string of the molecule is O=C(CCc1ccc2c(c1)OCCCO2)NCCOc1cccc(Cl)c1. The predicted octanol–water partition coefficient (Wildman–Crippen LogP) is 3.63. The summed E-state index contributed by atoms with van der Waals surface area (Å²) in [5.74, 6) is 2.22. The number of hydrogen-bond acceptors (Lipinski definition) is 4. The van der Waals surface area contributed by atoms with Crippen molar-refractivity contribution in [2.75, 3.05) is 26.4 Å². The number of carbonyl (C=O) groups excluding carboxylic acids is 1. The highest BCUT2D eigenvalue weighted by Gasteiger charge is 2.11. The molecule has 0 spiro atoms. The summed E-state index contributed by atoms with van der Waals surface area (Å²) in [7, 11) is 0. The molecule has 0 fully saturated rings. The number of ether oxygens (including phenoxy) is 3. The summed E-state index contributed by atoms with van der Waals surface area (Å²) in [6.07, 6.45) is 1.94. The van der Waals surface area contributed by atoms with Crippen molar-refractivity contribution < 1.29 is 19.0 Å². The Morgan fingerprint density at radius 1 is 1.12 bits per heavy atom. The molecule has 0 saturated carbocycles. The second kappa shape index (κ2) is 9.34. The van der Waals surface area contributed by atoms with Crippen LogP contribution in [0.25, 0.3) is 0 Å². The normalized spacial score (nSPS) is 13.0. The topological polar surface area (TPSA) is 56.8 Å². The molecular formula is C20H22ClNO4. The Bertz CT molecular complexity index is 750. The van der Waals surface area contributed by atoms with Crippen molar-refractivity contribution >= 4 is 17.5 Å². The van der Waals surface area contributed by atoms with E-state index in [0.717, 1.165) is 23.5 Å². The molecule has 0 saturated heterocycles. The van der Waals surface area contributed by atoms with Gasteiger partial charge in [0.15, 0.2) is 11.5 Å². The minimum Gasteiger partial charge on any atom is -0.492 e. The lowest BCUT2D eigenvalue weighted by Crippen LogP contribution is -2.28. The van der Waals surface area contributed by atoms with Gasteiger partial charge < -0.3 is 19.5 Å². The molecule has 6 heteroatoms.